The van der Waals surface area contributed by atoms with Crippen molar-refractivity contribution in [3.05, 3.63) is 5.69 Å². The number of anilines is 3. The quantitative estimate of drug-likeness (QED) is 0.658. The van der Waals surface area contributed by atoms with Gasteiger partial charge < -0.3 is 20.9 Å². The first-order valence-corrected chi connectivity index (χ1v) is 6.00. The van der Waals surface area contributed by atoms with E-state index in [1.54, 1.807) is 0 Å². The largest absolute Gasteiger partial charge is 0.349 e. The Bertz CT molecular complexity index is 499. The van der Waals surface area contributed by atoms with Crippen molar-refractivity contribution in [3.63, 3.8) is 0 Å². The van der Waals surface area contributed by atoms with Crippen LogP contribution in [-0.4, -0.2) is 48.6 Å². The van der Waals surface area contributed by atoms with E-state index in [9.17, 15) is 4.79 Å². The molecule has 0 spiro atoms. The molecule has 1 fully saturated rings. The van der Waals surface area contributed by atoms with Crippen molar-refractivity contribution in [1.29, 1.82) is 0 Å². The molecule has 3 rings (SSSR count). The maximum absolute atomic E-state index is 11.5. The molecule has 1 aromatic heterocycles. The Morgan fingerprint density at radius 2 is 2.17 bits per heavy atom. The Balaban J connectivity index is 1.92. The van der Waals surface area contributed by atoms with Crippen molar-refractivity contribution in [2.45, 2.75) is 13.0 Å². The van der Waals surface area contributed by atoms with E-state index in [-0.39, 0.29) is 5.91 Å². The molecule has 0 aromatic carbocycles. The van der Waals surface area contributed by atoms with Crippen molar-refractivity contribution in [2.24, 2.45) is 0 Å². The van der Waals surface area contributed by atoms with E-state index >= 15 is 0 Å². The highest BCUT2D eigenvalue weighted by Crippen LogP contribution is 2.29. The lowest BCUT2D eigenvalue weighted by atomic mass is 10.2. The van der Waals surface area contributed by atoms with Crippen molar-refractivity contribution in [1.82, 2.24) is 15.3 Å². The Hall–Kier alpha value is -1.89. The van der Waals surface area contributed by atoms with Gasteiger partial charge in [-0.25, -0.2) is 4.98 Å². The molecule has 1 saturated heterocycles. The average Bonchev–Trinajstić information content (AvgIpc) is 2.25. The topological polar surface area (TPSA) is 82.2 Å². The van der Waals surface area contributed by atoms with Gasteiger partial charge in [0.1, 0.15) is 5.69 Å². The highest BCUT2D eigenvalue weighted by molar-refractivity contribution is 6.00. The van der Waals surface area contributed by atoms with E-state index in [1.807, 2.05) is 18.9 Å². The van der Waals surface area contributed by atoms with Crippen LogP contribution >= 0.6 is 0 Å². The number of fused-ring (bicyclic) bond motifs is 1. The van der Waals surface area contributed by atoms with Crippen LogP contribution in [-0.2, 0) is 4.79 Å². The number of aryl methyl sites for hydroxylation is 1. The molecule has 7 nitrogen and oxygen atoms in total. The Labute approximate surface area is 105 Å². The minimum Gasteiger partial charge on any atom is -0.349 e. The molecule has 1 aromatic rings. The van der Waals surface area contributed by atoms with Crippen LogP contribution in [0.3, 0.4) is 0 Å². The number of aromatic nitrogens is 2. The van der Waals surface area contributed by atoms with Crippen LogP contribution in [0, 0.1) is 6.92 Å². The van der Waals surface area contributed by atoms with Gasteiger partial charge in [0.25, 0.3) is 0 Å². The summed E-state index contributed by atoms with van der Waals surface area (Å²) in [6.45, 7) is 4.08. The molecular formula is C11H16N6O. The minimum atomic E-state index is -0.0272. The predicted octanol–water partition coefficient (Wildman–Crippen LogP) is -0.443. The van der Waals surface area contributed by atoms with Gasteiger partial charge in [-0.05, 0) is 6.92 Å². The first kappa shape index (κ1) is 11.2. The summed E-state index contributed by atoms with van der Waals surface area (Å²) >= 11 is 0. The number of hydrogen-bond acceptors (Lipinski definition) is 6. The van der Waals surface area contributed by atoms with E-state index in [0.29, 0.717) is 24.2 Å². The molecule has 0 bridgehead atoms. The normalized spacial score (nSPS) is 19.0. The fraction of sp³-hybridized carbons (Fsp3) is 0.545. The van der Waals surface area contributed by atoms with E-state index in [0.717, 1.165) is 24.6 Å². The zero-order valence-corrected chi connectivity index (χ0v) is 10.4. The number of carbonyl (C=O) groups is 1. The van der Waals surface area contributed by atoms with Crippen molar-refractivity contribution in [3.8, 4) is 0 Å². The Kier molecular flexibility index (Phi) is 2.55. The number of hydrogen-bond donors (Lipinski definition) is 3. The first-order chi connectivity index (χ1) is 8.63. The molecule has 3 heterocycles. The summed E-state index contributed by atoms with van der Waals surface area (Å²) in [5.74, 6) is 1.37. The number of amides is 1. The lowest BCUT2D eigenvalue weighted by Crippen LogP contribution is -2.51. The second kappa shape index (κ2) is 4.09. The molecule has 0 aliphatic carbocycles. The summed E-state index contributed by atoms with van der Waals surface area (Å²) in [5.41, 5.74) is 1.50. The molecule has 1 amide bonds. The standard InChI is InChI=1S/C11H16N6O/c1-6-9-10(17(2)5-8(18)15-9)16-11(13-6)14-7-3-12-4-7/h7,12H,3-5H2,1-2H3,(H,15,18)(H,13,14,16). The van der Waals surface area contributed by atoms with Gasteiger partial charge in [-0.2, -0.15) is 4.98 Å². The molecule has 0 unspecified atom stereocenters. The third-order valence-electron chi connectivity index (χ3n) is 3.19. The highest BCUT2D eigenvalue weighted by atomic mass is 16.2. The molecule has 7 heteroatoms. The number of carbonyl (C=O) groups excluding carboxylic acids is 1. The van der Waals surface area contributed by atoms with Crippen LogP contribution in [0.25, 0.3) is 0 Å². The Morgan fingerprint density at radius 3 is 2.83 bits per heavy atom. The molecule has 18 heavy (non-hydrogen) atoms. The van der Waals surface area contributed by atoms with Gasteiger partial charge >= 0.3 is 0 Å². The highest BCUT2D eigenvalue weighted by Gasteiger charge is 2.25. The van der Waals surface area contributed by atoms with E-state index in [2.05, 4.69) is 25.9 Å². The van der Waals surface area contributed by atoms with Gasteiger partial charge in [0.15, 0.2) is 5.82 Å². The van der Waals surface area contributed by atoms with Gasteiger partial charge in [-0.15, -0.1) is 0 Å². The monoisotopic (exact) mass is 248 g/mol. The third kappa shape index (κ3) is 1.86. The fourth-order valence-electron chi connectivity index (χ4n) is 2.09. The fourth-order valence-corrected chi connectivity index (χ4v) is 2.09. The van der Waals surface area contributed by atoms with Gasteiger partial charge in [0.05, 0.1) is 18.3 Å². The molecule has 0 radical (unpaired) electrons. The summed E-state index contributed by atoms with van der Waals surface area (Å²) in [5, 5.41) is 9.29. The van der Waals surface area contributed by atoms with Crippen LogP contribution in [0.5, 0.6) is 0 Å². The maximum atomic E-state index is 11.5. The molecule has 0 atom stereocenters. The van der Waals surface area contributed by atoms with Gasteiger partial charge in [0, 0.05) is 20.1 Å². The van der Waals surface area contributed by atoms with Crippen LogP contribution in [0.4, 0.5) is 17.5 Å². The first-order valence-electron chi connectivity index (χ1n) is 6.00. The molecular weight excluding hydrogens is 232 g/mol. The van der Waals surface area contributed by atoms with E-state index in [4.69, 9.17) is 0 Å². The minimum absolute atomic E-state index is 0.0272. The van der Waals surface area contributed by atoms with E-state index in [1.165, 1.54) is 0 Å². The van der Waals surface area contributed by atoms with Crippen molar-refractivity contribution in [2.75, 3.05) is 42.2 Å². The molecule has 3 N–H and O–H groups in total. The van der Waals surface area contributed by atoms with E-state index < -0.39 is 0 Å². The van der Waals surface area contributed by atoms with Gasteiger partial charge in [-0.1, -0.05) is 0 Å². The third-order valence-corrected chi connectivity index (χ3v) is 3.19. The number of rotatable bonds is 2. The summed E-state index contributed by atoms with van der Waals surface area (Å²) in [6, 6.07) is 0.394. The number of likely N-dealkylation sites (N-methyl/N-ethyl adjacent to an activating group) is 1. The summed E-state index contributed by atoms with van der Waals surface area (Å²) in [7, 11) is 1.86. The second-order valence-electron chi connectivity index (χ2n) is 4.73. The number of nitrogens with one attached hydrogen (secondary N) is 3. The average molecular weight is 248 g/mol. The Morgan fingerprint density at radius 1 is 1.39 bits per heavy atom. The molecule has 96 valence electrons. The summed E-state index contributed by atoms with van der Waals surface area (Å²) in [6.07, 6.45) is 0. The maximum Gasteiger partial charge on any atom is 0.244 e. The summed E-state index contributed by atoms with van der Waals surface area (Å²) in [4.78, 5) is 22.2. The zero-order valence-electron chi connectivity index (χ0n) is 10.4. The predicted molar refractivity (Wildman–Crippen MR) is 68.9 cm³/mol. The lowest BCUT2D eigenvalue weighted by Gasteiger charge is -2.30. The van der Waals surface area contributed by atoms with Crippen LogP contribution in [0.15, 0.2) is 0 Å². The van der Waals surface area contributed by atoms with Crippen molar-refractivity contribution >= 4 is 23.4 Å². The lowest BCUT2D eigenvalue weighted by molar-refractivity contribution is -0.115. The van der Waals surface area contributed by atoms with Gasteiger partial charge in [0.2, 0.25) is 11.9 Å². The number of nitrogens with zero attached hydrogens (tertiary/aromatic N) is 3. The zero-order chi connectivity index (χ0) is 12.7. The van der Waals surface area contributed by atoms with Crippen molar-refractivity contribution < 1.29 is 4.79 Å². The van der Waals surface area contributed by atoms with Gasteiger partial charge in [-0.3, -0.25) is 4.79 Å². The summed E-state index contributed by atoms with van der Waals surface area (Å²) < 4.78 is 0. The van der Waals surface area contributed by atoms with Crippen LogP contribution in [0.2, 0.25) is 0 Å². The molecule has 0 saturated carbocycles. The second-order valence-corrected chi connectivity index (χ2v) is 4.73. The van der Waals surface area contributed by atoms with Crippen LogP contribution in [0.1, 0.15) is 5.69 Å². The van der Waals surface area contributed by atoms with Crippen LogP contribution < -0.4 is 20.9 Å². The molecule has 2 aliphatic rings. The SMILES string of the molecule is Cc1nc(NC2CNC2)nc2c1NC(=O)CN2C. The molecule has 2 aliphatic heterocycles. The smallest absolute Gasteiger partial charge is 0.244 e.